The minimum atomic E-state index is -1.36. The number of nitrogens with one attached hydrogen (secondary N) is 1. The number of carboxylic acid groups (broad SMARTS) is 2. The van der Waals surface area contributed by atoms with Crippen molar-refractivity contribution in [3.05, 3.63) is 34.9 Å². The predicted octanol–water partition coefficient (Wildman–Crippen LogP) is 7.25. The Kier molecular flexibility index (Phi) is 8.60. The maximum Gasteiger partial charge on any atom is 0.407 e. The third kappa shape index (κ3) is 5.73. The summed E-state index contributed by atoms with van der Waals surface area (Å²) in [7, 11) is 0. The molecule has 3 atom stereocenters. The van der Waals surface area contributed by atoms with Crippen molar-refractivity contribution >= 4 is 23.7 Å². The summed E-state index contributed by atoms with van der Waals surface area (Å²) in [6.07, 6.45) is -0.534. The highest BCUT2D eigenvalue weighted by Crippen LogP contribution is 2.60. The molecule has 1 fully saturated rings. The molecule has 0 saturated carbocycles. The van der Waals surface area contributed by atoms with E-state index in [4.69, 9.17) is 0 Å². The van der Waals surface area contributed by atoms with Gasteiger partial charge < -0.3 is 20.4 Å². The van der Waals surface area contributed by atoms with E-state index >= 15 is 4.39 Å². The first-order chi connectivity index (χ1) is 19.0. The maximum absolute atomic E-state index is 15.6. The molecule has 0 radical (unpaired) electrons. The quantitative estimate of drug-likeness (QED) is 0.325. The zero-order valence-corrected chi connectivity index (χ0v) is 27.4. The molecule has 1 saturated heterocycles. The third-order valence-electron chi connectivity index (χ3n) is 9.23. The van der Waals surface area contributed by atoms with Crippen LogP contribution < -0.4 is 5.32 Å². The lowest BCUT2D eigenvalue weighted by Crippen LogP contribution is -2.72. The second kappa shape index (κ2) is 10.8. The summed E-state index contributed by atoms with van der Waals surface area (Å²) in [5.41, 5.74) is -2.08. The Morgan fingerprint density at radius 3 is 2.12 bits per heavy atom. The Labute approximate surface area is 249 Å². The standard InChI is InChI=1S/C32H50FN5O4/c1-13-20-17-21(34-24(23(20)33)35-22-16-19(2)38(36-22)30(9,10)11)18-32(26(39)40)14-15-37(27(41)42)31(12,29(6,7)8)25(32)28(3,4)5/h16-17,25H,13-15,18H2,1-12H3,(H,39,40)(H,41,42)(H,34,35,36)/t25?,31-,32-/m1/s1. The molecule has 0 spiro atoms. The largest absolute Gasteiger partial charge is 0.481 e. The summed E-state index contributed by atoms with van der Waals surface area (Å²) in [6, 6.07) is 3.48. The van der Waals surface area contributed by atoms with Crippen molar-refractivity contribution in [2.24, 2.45) is 22.2 Å². The number of nitrogens with zero attached hydrogens (tertiary/aromatic N) is 4. The number of carboxylic acids is 1. The number of aromatic nitrogens is 3. The molecule has 42 heavy (non-hydrogen) atoms. The molecule has 1 unspecified atom stereocenters. The number of halogens is 1. The first-order valence-electron chi connectivity index (χ1n) is 14.8. The molecular weight excluding hydrogens is 537 g/mol. The Balaban J connectivity index is 2.21. The van der Waals surface area contributed by atoms with Crippen molar-refractivity contribution in [1.29, 1.82) is 0 Å². The second-order valence-corrected chi connectivity index (χ2v) is 15.2. The van der Waals surface area contributed by atoms with Gasteiger partial charge in [0.2, 0.25) is 0 Å². The van der Waals surface area contributed by atoms with Gasteiger partial charge in [0.1, 0.15) is 0 Å². The Morgan fingerprint density at radius 1 is 1.10 bits per heavy atom. The molecule has 0 bridgehead atoms. The van der Waals surface area contributed by atoms with Crippen LogP contribution >= 0.6 is 0 Å². The van der Waals surface area contributed by atoms with Gasteiger partial charge in [-0.3, -0.25) is 9.48 Å². The number of likely N-dealkylation sites (tertiary alicyclic amines) is 1. The van der Waals surface area contributed by atoms with E-state index in [2.05, 4.69) is 15.4 Å². The first kappa shape index (κ1) is 33.3. The van der Waals surface area contributed by atoms with Crippen molar-refractivity contribution in [2.75, 3.05) is 11.9 Å². The van der Waals surface area contributed by atoms with Gasteiger partial charge in [-0.2, -0.15) is 5.10 Å². The van der Waals surface area contributed by atoms with Crippen LogP contribution in [0.15, 0.2) is 12.1 Å². The van der Waals surface area contributed by atoms with Gasteiger partial charge in [-0.25, -0.2) is 14.2 Å². The number of pyridine rings is 1. The van der Waals surface area contributed by atoms with E-state index < -0.39 is 45.6 Å². The monoisotopic (exact) mass is 587 g/mol. The van der Waals surface area contributed by atoms with Crippen LogP contribution in [0.3, 0.4) is 0 Å². The van der Waals surface area contributed by atoms with Crippen LogP contribution in [0.1, 0.15) is 99.5 Å². The van der Waals surface area contributed by atoms with Gasteiger partial charge in [0.25, 0.3) is 0 Å². The van der Waals surface area contributed by atoms with E-state index in [0.29, 0.717) is 23.5 Å². The molecule has 3 rings (SSSR count). The molecule has 1 amide bonds. The molecule has 0 aromatic carbocycles. The minimum absolute atomic E-state index is 0.00249. The third-order valence-corrected chi connectivity index (χ3v) is 9.23. The van der Waals surface area contributed by atoms with Crippen molar-refractivity contribution in [1.82, 2.24) is 19.7 Å². The molecule has 1 aliphatic rings. The Morgan fingerprint density at radius 2 is 1.69 bits per heavy atom. The summed E-state index contributed by atoms with van der Waals surface area (Å²) in [6.45, 7) is 23.6. The van der Waals surface area contributed by atoms with Crippen LogP contribution in [-0.2, 0) is 23.2 Å². The summed E-state index contributed by atoms with van der Waals surface area (Å²) in [4.78, 5) is 32.1. The van der Waals surface area contributed by atoms with Gasteiger partial charge in [0.15, 0.2) is 17.5 Å². The number of aryl methyl sites for hydroxylation is 2. The lowest BCUT2D eigenvalue weighted by atomic mass is 9.47. The zero-order chi connectivity index (χ0) is 32.2. The summed E-state index contributed by atoms with van der Waals surface area (Å²) in [5, 5.41) is 29.0. The average Bonchev–Trinajstić information content (AvgIpc) is 3.19. The van der Waals surface area contributed by atoms with Gasteiger partial charge in [0.05, 0.1) is 16.5 Å². The Hall–Kier alpha value is -3.17. The molecule has 3 N–H and O–H groups in total. The van der Waals surface area contributed by atoms with Gasteiger partial charge in [-0.05, 0) is 69.9 Å². The number of hydrogen-bond donors (Lipinski definition) is 3. The fourth-order valence-electron chi connectivity index (χ4n) is 7.41. The smallest absolute Gasteiger partial charge is 0.407 e. The second-order valence-electron chi connectivity index (χ2n) is 15.2. The topological polar surface area (TPSA) is 121 Å². The van der Waals surface area contributed by atoms with E-state index in [0.717, 1.165) is 5.69 Å². The highest BCUT2D eigenvalue weighted by molar-refractivity contribution is 5.77. The molecule has 2 aromatic heterocycles. The summed E-state index contributed by atoms with van der Waals surface area (Å²) >= 11 is 0. The van der Waals surface area contributed by atoms with Crippen molar-refractivity contribution in [2.45, 2.75) is 113 Å². The molecule has 1 aliphatic heterocycles. The van der Waals surface area contributed by atoms with Crippen LogP contribution in [0.4, 0.5) is 20.8 Å². The number of carbonyl (C=O) groups is 2. The van der Waals surface area contributed by atoms with Gasteiger partial charge in [-0.15, -0.1) is 0 Å². The molecule has 2 aromatic rings. The normalized spacial score (nSPS) is 23.6. The number of piperidine rings is 1. The van der Waals surface area contributed by atoms with Crippen LogP contribution in [-0.4, -0.2) is 54.0 Å². The van der Waals surface area contributed by atoms with E-state index in [9.17, 15) is 19.8 Å². The molecule has 10 heteroatoms. The number of aliphatic carboxylic acids is 1. The lowest BCUT2D eigenvalue weighted by molar-refractivity contribution is -0.188. The SMILES string of the molecule is CCc1cc(C[C@]2(C(=O)O)CCN(C(=O)O)[C@@](C)(C(C)(C)C)C2C(C)(C)C)nc(Nc2cc(C)n(C(C)(C)C)n2)c1F. The first-order valence-corrected chi connectivity index (χ1v) is 14.8. The molecule has 3 heterocycles. The average molecular weight is 588 g/mol. The van der Waals surface area contributed by atoms with Gasteiger partial charge in [-0.1, -0.05) is 48.5 Å². The van der Waals surface area contributed by atoms with Crippen molar-refractivity contribution in [3.8, 4) is 0 Å². The highest BCUT2D eigenvalue weighted by Gasteiger charge is 2.66. The van der Waals surface area contributed by atoms with Gasteiger partial charge in [0, 0.05) is 36.3 Å². The lowest BCUT2D eigenvalue weighted by Gasteiger charge is -2.64. The van der Waals surface area contributed by atoms with Crippen LogP contribution in [0.2, 0.25) is 0 Å². The van der Waals surface area contributed by atoms with E-state index in [1.165, 1.54) is 4.90 Å². The fourth-order valence-corrected chi connectivity index (χ4v) is 7.41. The van der Waals surface area contributed by atoms with E-state index in [1.807, 2.05) is 93.8 Å². The van der Waals surface area contributed by atoms with Crippen LogP contribution in [0.25, 0.3) is 0 Å². The number of hydrogen-bond acceptors (Lipinski definition) is 5. The van der Waals surface area contributed by atoms with Crippen molar-refractivity contribution < 1.29 is 24.2 Å². The van der Waals surface area contributed by atoms with Crippen LogP contribution in [0.5, 0.6) is 0 Å². The molecule has 234 valence electrons. The molecule has 0 aliphatic carbocycles. The highest BCUT2D eigenvalue weighted by atomic mass is 19.1. The van der Waals surface area contributed by atoms with Crippen molar-refractivity contribution in [3.63, 3.8) is 0 Å². The number of rotatable bonds is 6. The van der Waals surface area contributed by atoms with E-state index in [1.54, 1.807) is 6.07 Å². The fraction of sp³-hybridized carbons (Fsp3) is 0.688. The predicted molar refractivity (Wildman–Crippen MR) is 163 cm³/mol. The molecule has 9 nitrogen and oxygen atoms in total. The van der Waals surface area contributed by atoms with Gasteiger partial charge >= 0.3 is 12.1 Å². The van der Waals surface area contributed by atoms with Crippen LogP contribution in [0, 0.1) is 34.9 Å². The minimum Gasteiger partial charge on any atom is -0.481 e. The van der Waals surface area contributed by atoms with E-state index in [-0.39, 0.29) is 30.7 Å². The zero-order valence-electron chi connectivity index (χ0n) is 27.4. The Bertz CT molecular complexity index is 1350. The molecular formula is C32H50FN5O4. The number of anilines is 2. The summed E-state index contributed by atoms with van der Waals surface area (Å²) < 4.78 is 17.5. The maximum atomic E-state index is 15.6. The summed E-state index contributed by atoms with van der Waals surface area (Å²) in [5.74, 6) is -1.65. The number of amides is 1.